The van der Waals surface area contributed by atoms with Gasteiger partial charge in [0.1, 0.15) is 7.05 Å². The van der Waals surface area contributed by atoms with Gasteiger partial charge in [0.15, 0.2) is 6.26 Å². The van der Waals surface area contributed by atoms with Crippen LogP contribution in [0.1, 0.15) is 11.5 Å². The highest BCUT2D eigenvalue weighted by molar-refractivity contribution is 5.93. The highest BCUT2D eigenvalue weighted by Crippen LogP contribution is 2.32. The molecule has 3 nitrogen and oxygen atoms in total. The molecule has 0 amide bonds. The Bertz CT molecular complexity index is 935. The van der Waals surface area contributed by atoms with E-state index < -0.39 is 0 Å². The number of anilines is 1. The quantitative estimate of drug-likeness (QED) is 0.658. The minimum atomic E-state index is 0.827. The van der Waals surface area contributed by atoms with E-state index >= 15 is 0 Å². The summed E-state index contributed by atoms with van der Waals surface area (Å²) in [7, 11) is 4.09. The van der Waals surface area contributed by atoms with Crippen LogP contribution < -0.4 is 9.47 Å². The van der Waals surface area contributed by atoms with Crippen LogP contribution in [0.15, 0.2) is 77.6 Å². The van der Waals surface area contributed by atoms with Crippen molar-refractivity contribution in [3.05, 3.63) is 84.6 Å². The van der Waals surface area contributed by atoms with Crippen molar-refractivity contribution in [1.82, 2.24) is 0 Å². The van der Waals surface area contributed by atoms with Gasteiger partial charge in [-0.1, -0.05) is 36.4 Å². The number of aromatic nitrogens is 1. The minimum absolute atomic E-state index is 0.827. The van der Waals surface area contributed by atoms with Crippen molar-refractivity contribution in [2.75, 3.05) is 11.9 Å². The molecule has 0 bridgehead atoms. The largest absolute Gasteiger partial charge is 0.406 e. The zero-order valence-corrected chi connectivity index (χ0v) is 13.8. The molecule has 1 aliphatic rings. The molecule has 0 unspecified atom stereocenters. The first kappa shape index (κ1) is 14.5. The molecule has 2 aromatic carbocycles. The molecule has 0 N–H and O–H groups in total. The van der Waals surface area contributed by atoms with E-state index in [0.29, 0.717) is 0 Å². The molecule has 0 radical (unpaired) electrons. The van der Waals surface area contributed by atoms with Gasteiger partial charge in [-0.2, -0.15) is 4.57 Å². The van der Waals surface area contributed by atoms with Crippen LogP contribution in [0.2, 0.25) is 0 Å². The summed E-state index contributed by atoms with van der Waals surface area (Å²) < 4.78 is 7.91. The summed E-state index contributed by atoms with van der Waals surface area (Å²) in [5.74, 6) is 0.827. The lowest BCUT2D eigenvalue weighted by atomic mass is 10.00. The zero-order chi connectivity index (χ0) is 16.5. The van der Waals surface area contributed by atoms with E-state index in [-0.39, 0.29) is 0 Å². The summed E-state index contributed by atoms with van der Waals surface area (Å²) >= 11 is 0. The average molecular weight is 315 g/mol. The zero-order valence-electron chi connectivity index (χ0n) is 13.8. The summed E-state index contributed by atoms with van der Waals surface area (Å²) in [6.45, 7) is 0. The predicted octanol–water partition coefficient (Wildman–Crippen LogP) is 4.28. The van der Waals surface area contributed by atoms with Crippen LogP contribution in [0.4, 0.5) is 5.69 Å². The van der Waals surface area contributed by atoms with Crippen molar-refractivity contribution < 1.29 is 8.98 Å². The van der Waals surface area contributed by atoms with E-state index in [9.17, 15) is 0 Å². The lowest BCUT2D eigenvalue weighted by Crippen LogP contribution is -2.31. The van der Waals surface area contributed by atoms with Crippen LogP contribution in [0.3, 0.4) is 0 Å². The molecule has 3 aromatic rings. The lowest BCUT2D eigenvalue weighted by molar-refractivity contribution is -0.665. The van der Waals surface area contributed by atoms with Crippen molar-refractivity contribution in [2.24, 2.45) is 7.05 Å². The van der Waals surface area contributed by atoms with Gasteiger partial charge >= 0.3 is 5.89 Å². The molecule has 4 rings (SSSR count). The second kappa shape index (κ2) is 5.85. The Morgan fingerprint density at radius 1 is 1.00 bits per heavy atom. The van der Waals surface area contributed by atoms with Crippen LogP contribution in [-0.2, 0) is 7.05 Å². The van der Waals surface area contributed by atoms with Gasteiger partial charge in [0.25, 0.3) is 5.69 Å². The van der Waals surface area contributed by atoms with Gasteiger partial charge in [0, 0.05) is 30.1 Å². The van der Waals surface area contributed by atoms with Crippen molar-refractivity contribution >= 4 is 17.3 Å². The number of fused-ring (bicyclic) bond motifs is 1. The topological polar surface area (TPSA) is 20.3 Å². The Morgan fingerprint density at radius 3 is 2.58 bits per heavy atom. The molecule has 2 heterocycles. The summed E-state index contributed by atoms with van der Waals surface area (Å²) in [4.78, 5) is 2.13. The van der Waals surface area contributed by atoms with Crippen molar-refractivity contribution in [3.8, 4) is 11.3 Å². The third-order valence-corrected chi connectivity index (χ3v) is 4.40. The Labute approximate surface area is 141 Å². The fourth-order valence-corrected chi connectivity index (χ4v) is 3.04. The molecule has 0 saturated carbocycles. The smallest absolute Gasteiger partial charge is 0.373 e. The summed E-state index contributed by atoms with van der Waals surface area (Å²) in [5.41, 5.74) is 5.76. The van der Waals surface area contributed by atoms with Gasteiger partial charge in [0.05, 0.1) is 6.08 Å². The van der Waals surface area contributed by atoms with E-state index in [1.165, 1.54) is 11.3 Å². The molecule has 0 fully saturated rings. The first-order valence-corrected chi connectivity index (χ1v) is 7.99. The maximum absolute atomic E-state index is 5.83. The van der Waals surface area contributed by atoms with Crippen LogP contribution in [0, 0.1) is 0 Å². The highest BCUT2D eigenvalue weighted by Gasteiger charge is 2.20. The van der Waals surface area contributed by atoms with Gasteiger partial charge in [0.2, 0.25) is 0 Å². The summed E-state index contributed by atoms with van der Waals surface area (Å²) in [6, 6.07) is 18.7. The van der Waals surface area contributed by atoms with Gasteiger partial charge in [-0.25, -0.2) is 0 Å². The van der Waals surface area contributed by atoms with Gasteiger partial charge < -0.3 is 9.32 Å². The third kappa shape index (κ3) is 2.44. The van der Waals surface area contributed by atoms with E-state index in [1.807, 2.05) is 31.5 Å². The molecular weight excluding hydrogens is 296 g/mol. The molecule has 3 heteroatoms. The molecule has 0 spiro atoms. The lowest BCUT2D eigenvalue weighted by Gasteiger charge is -2.23. The van der Waals surface area contributed by atoms with E-state index in [1.54, 1.807) is 0 Å². The fraction of sp³-hybridized carbons (Fsp3) is 0.0952. The molecule has 1 aromatic heterocycles. The third-order valence-electron chi connectivity index (χ3n) is 4.40. The number of benzene rings is 2. The second-order valence-corrected chi connectivity index (χ2v) is 5.93. The summed E-state index contributed by atoms with van der Waals surface area (Å²) in [5, 5.41) is 0. The minimum Gasteiger partial charge on any atom is -0.406 e. The average Bonchev–Trinajstić information content (AvgIpc) is 2.99. The number of hydrogen-bond donors (Lipinski definition) is 0. The van der Waals surface area contributed by atoms with Crippen molar-refractivity contribution in [1.29, 1.82) is 0 Å². The highest BCUT2D eigenvalue weighted by atomic mass is 16.3. The number of rotatable bonds is 2. The Hall–Kier alpha value is -3.07. The second-order valence-electron chi connectivity index (χ2n) is 5.93. The molecule has 0 atom stereocenters. The molecule has 118 valence electrons. The number of hydrogen-bond acceptors (Lipinski definition) is 2. The molecule has 24 heavy (non-hydrogen) atoms. The molecule has 0 saturated heterocycles. The van der Waals surface area contributed by atoms with E-state index in [0.717, 1.165) is 22.7 Å². The summed E-state index contributed by atoms with van der Waals surface area (Å²) in [6.07, 6.45) is 8.10. The van der Waals surface area contributed by atoms with Crippen molar-refractivity contribution in [3.63, 3.8) is 0 Å². The molecular formula is C21H19N2O+. The van der Waals surface area contributed by atoms with Crippen LogP contribution in [-0.4, -0.2) is 7.05 Å². The van der Waals surface area contributed by atoms with E-state index in [2.05, 4.69) is 71.3 Å². The van der Waals surface area contributed by atoms with Gasteiger partial charge in [-0.3, -0.25) is 0 Å². The fourth-order valence-electron chi connectivity index (χ4n) is 3.04. The van der Waals surface area contributed by atoms with Crippen molar-refractivity contribution in [2.45, 2.75) is 0 Å². The van der Waals surface area contributed by atoms with Crippen LogP contribution in [0.5, 0.6) is 0 Å². The Morgan fingerprint density at radius 2 is 1.75 bits per heavy atom. The maximum Gasteiger partial charge on any atom is 0.373 e. The number of nitrogens with zero attached hydrogens (tertiary/aromatic N) is 2. The predicted molar refractivity (Wildman–Crippen MR) is 97.2 cm³/mol. The number of oxazole rings is 1. The Kier molecular flexibility index (Phi) is 3.54. The first-order valence-electron chi connectivity index (χ1n) is 7.99. The normalized spacial score (nSPS) is 14.9. The molecule has 0 aliphatic carbocycles. The van der Waals surface area contributed by atoms with Crippen LogP contribution in [0.25, 0.3) is 22.9 Å². The van der Waals surface area contributed by atoms with Gasteiger partial charge in [-0.15, -0.1) is 0 Å². The monoisotopic (exact) mass is 315 g/mol. The first-order chi connectivity index (χ1) is 11.7. The SMILES string of the molecule is CN1C=C/C(=C\c2occ(-c3ccccc3)[n+]2C)c2ccccc21. The number of allylic oxidation sites excluding steroid dienone is 2. The number of para-hydroxylation sites is 1. The molecule has 1 aliphatic heterocycles. The maximum atomic E-state index is 5.83. The van der Waals surface area contributed by atoms with Crippen LogP contribution >= 0.6 is 0 Å². The van der Waals surface area contributed by atoms with E-state index in [4.69, 9.17) is 4.42 Å². The Balaban J connectivity index is 1.78. The standard InChI is InChI=1S/C21H19N2O/c1-22-13-12-17(18-10-6-7-11-19(18)22)14-21-23(2)20(15-24-21)16-8-4-3-5-9-16/h3-15H,1-2H3/q+1. The van der Waals surface area contributed by atoms with Gasteiger partial charge in [-0.05, 0) is 29.8 Å².